The van der Waals surface area contributed by atoms with Crippen molar-refractivity contribution in [2.45, 2.75) is 102 Å². The molecule has 0 saturated carbocycles. The van der Waals surface area contributed by atoms with E-state index < -0.39 is 12.0 Å². The fraction of sp³-hybridized carbons (Fsp3) is 0.720. The Morgan fingerprint density at radius 2 is 1.88 bits per heavy atom. The van der Waals surface area contributed by atoms with Crippen LogP contribution in [-0.2, 0) is 27.2 Å². The predicted molar refractivity (Wildman–Crippen MR) is 123 cm³/mol. The van der Waals surface area contributed by atoms with Gasteiger partial charge in [-0.2, -0.15) is 0 Å². The van der Waals surface area contributed by atoms with Gasteiger partial charge in [0.2, 0.25) is 5.91 Å². The molecule has 7 heteroatoms. The maximum Gasteiger partial charge on any atom is 0.326 e. The summed E-state index contributed by atoms with van der Waals surface area (Å²) in [6.45, 7) is 1.01. The molecule has 3 aliphatic heterocycles. The fourth-order valence-electron chi connectivity index (χ4n) is 5.31. The van der Waals surface area contributed by atoms with E-state index in [2.05, 4.69) is 22.8 Å². The molecule has 176 valence electrons. The third kappa shape index (κ3) is 6.21. The van der Waals surface area contributed by atoms with Crippen molar-refractivity contribution in [1.82, 2.24) is 10.3 Å². The van der Waals surface area contributed by atoms with Gasteiger partial charge in [0.05, 0.1) is 12.2 Å². The van der Waals surface area contributed by atoms with Gasteiger partial charge in [0.1, 0.15) is 11.9 Å². The average Bonchev–Trinajstić information content (AvgIpc) is 3.14. The lowest BCUT2D eigenvalue weighted by Gasteiger charge is -2.28. The second kappa shape index (κ2) is 11.1. The van der Waals surface area contributed by atoms with Crippen LogP contribution in [0.1, 0.15) is 81.9 Å². The first-order chi connectivity index (χ1) is 15.6. The highest BCUT2D eigenvalue weighted by Crippen LogP contribution is 2.36. The minimum Gasteiger partial charge on any atom is -0.480 e. The van der Waals surface area contributed by atoms with Crippen molar-refractivity contribution in [2.24, 2.45) is 5.92 Å². The van der Waals surface area contributed by atoms with Crippen LogP contribution in [0.3, 0.4) is 0 Å². The minimum absolute atomic E-state index is 0.101. The lowest BCUT2D eigenvalue weighted by molar-refractivity contribution is -0.143. The topological polar surface area (TPSA) is 101 Å². The Kier molecular flexibility index (Phi) is 8.00. The van der Waals surface area contributed by atoms with Crippen LogP contribution in [0.15, 0.2) is 12.1 Å². The first-order valence-corrected chi connectivity index (χ1v) is 12.5. The molecule has 1 amide bonds. The van der Waals surface area contributed by atoms with Crippen molar-refractivity contribution in [2.75, 3.05) is 11.9 Å². The van der Waals surface area contributed by atoms with Gasteiger partial charge in [-0.1, -0.05) is 31.7 Å². The van der Waals surface area contributed by atoms with Crippen LogP contribution in [0.2, 0.25) is 0 Å². The number of nitrogens with zero attached hydrogens (tertiary/aromatic N) is 1. The average molecular weight is 444 g/mol. The Bertz CT molecular complexity index is 787. The predicted octanol–water partition coefficient (Wildman–Crippen LogP) is 3.85. The number of aryl methyl sites for hydroxylation is 2. The minimum atomic E-state index is -0.930. The Balaban J connectivity index is 1.10. The van der Waals surface area contributed by atoms with Crippen molar-refractivity contribution < 1.29 is 19.4 Å². The molecular weight excluding hydrogens is 406 g/mol. The van der Waals surface area contributed by atoms with Gasteiger partial charge in [-0.3, -0.25) is 4.79 Å². The highest BCUT2D eigenvalue weighted by atomic mass is 16.5. The lowest BCUT2D eigenvalue weighted by atomic mass is 9.94. The number of aromatic nitrogens is 1. The van der Waals surface area contributed by atoms with Gasteiger partial charge >= 0.3 is 5.97 Å². The summed E-state index contributed by atoms with van der Waals surface area (Å²) >= 11 is 0. The van der Waals surface area contributed by atoms with Gasteiger partial charge in [-0.25, -0.2) is 9.78 Å². The number of anilines is 1. The fourth-order valence-corrected chi connectivity index (χ4v) is 5.31. The zero-order valence-corrected chi connectivity index (χ0v) is 19.0. The molecule has 0 aliphatic carbocycles. The summed E-state index contributed by atoms with van der Waals surface area (Å²) in [5.74, 6) is -0.0791. The van der Waals surface area contributed by atoms with Crippen LogP contribution in [-0.4, -0.2) is 46.8 Å². The number of unbranched alkanes of at least 4 members (excludes halogenated alkanes) is 4. The third-order valence-corrected chi connectivity index (χ3v) is 7.15. The number of hydrogen-bond donors (Lipinski definition) is 3. The first kappa shape index (κ1) is 23.0. The number of amides is 1. The molecule has 3 atom stereocenters. The first-order valence-electron chi connectivity index (χ1n) is 12.5. The van der Waals surface area contributed by atoms with Gasteiger partial charge in [-0.15, -0.1) is 0 Å². The Morgan fingerprint density at radius 1 is 1.12 bits per heavy atom. The largest absolute Gasteiger partial charge is 0.480 e. The molecule has 3 N–H and O–H groups in total. The molecular formula is C25H37N3O4. The van der Waals surface area contributed by atoms with Crippen LogP contribution in [0.5, 0.6) is 0 Å². The zero-order chi connectivity index (χ0) is 22.3. The van der Waals surface area contributed by atoms with Gasteiger partial charge in [0.15, 0.2) is 0 Å². The summed E-state index contributed by atoms with van der Waals surface area (Å²) in [6, 6.07) is 3.57. The summed E-state index contributed by atoms with van der Waals surface area (Å²) in [6.07, 6.45) is 12.7. The van der Waals surface area contributed by atoms with E-state index in [9.17, 15) is 14.7 Å². The molecule has 4 rings (SSSR count). The van der Waals surface area contributed by atoms with E-state index in [0.29, 0.717) is 6.42 Å². The van der Waals surface area contributed by atoms with E-state index in [1.165, 1.54) is 12.0 Å². The van der Waals surface area contributed by atoms with Crippen LogP contribution in [0.4, 0.5) is 5.82 Å². The second-order valence-corrected chi connectivity index (χ2v) is 9.67. The quantitative estimate of drug-likeness (QED) is 0.449. The molecule has 4 heterocycles. The van der Waals surface area contributed by atoms with Crippen molar-refractivity contribution >= 4 is 17.7 Å². The van der Waals surface area contributed by atoms with E-state index in [1.54, 1.807) is 0 Å². The van der Waals surface area contributed by atoms with Gasteiger partial charge in [0.25, 0.3) is 0 Å². The van der Waals surface area contributed by atoms with E-state index in [1.807, 2.05) is 0 Å². The molecule has 3 aliphatic rings. The number of ether oxygens (including phenoxy) is 1. The van der Waals surface area contributed by atoms with Crippen LogP contribution in [0.25, 0.3) is 0 Å². The Hall–Kier alpha value is -2.15. The molecule has 0 aromatic carbocycles. The maximum atomic E-state index is 12.6. The van der Waals surface area contributed by atoms with Crippen LogP contribution < -0.4 is 10.6 Å². The number of carbonyl (C=O) groups is 2. The molecule has 7 nitrogen and oxygen atoms in total. The van der Waals surface area contributed by atoms with Crippen molar-refractivity contribution in [1.29, 1.82) is 0 Å². The summed E-state index contributed by atoms with van der Waals surface area (Å²) in [5.41, 5.74) is 2.47. The van der Waals surface area contributed by atoms with E-state index >= 15 is 0 Å². The summed E-state index contributed by atoms with van der Waals surface area (Å²) in [5, 5.41) is 15.7. The number of carboxylic acids is 1. The molecule has 1 aromatic rings. The van der Waals surface area contributed by atoms with Crippen LogP contribution >= 0.6 is 0 Å². The van der Waals surface area contributed by atoms with E-state index in [4.69, 9.17) is 9.72 Å². The smallest absolute Gasteiger partial charge is 0.326 e. The molecule has 0 radical (unpaired) electrons. The van der Waals surface area contributed by atoms with Gasteiger partial charge in [0, 0.05) is 18.2 Å². The van der Waals surface area contributed by atoms with Crippen LogP contribution in [0, 0.1) is 5.92 Å². The number of rotatable bonds is 11. The number of hydrogen-bond acceptors (Lipinski definition) is 5. The normalized spacial score (nSPS) is 24.9. The number of pyridine rings is 1. The molecule has 2 unspecified atom stereocenters. The number of carboxylic acid groups (broad SMARTS) is 1. The van der Waals surface area contributed by atoms with Gasteiger partial charge in [-0.05, 0) is 69.4 Å². The number of nitrogens with one attached hydrogen (secondary N) is 2. The van der Waals surface area contributed by atoms with Crippen molar-refractivity contribution in [3.63, 3.8) is 0 Å². The molecule has 0 spiro atoms. The number of fused-ring (bicyclic) bond motifs is 3. The number of aliphatic carboxylic acids is 1. The molecule has 2 fully saturated rings. The molecule has 2 saturated heterocycles. The summed E-state index contributed by atoms with van der Waals surface area (Å²) < 4.78 is 5.79. The summed E-state index contributed by atoms with van der Waals surface area (Å²) in [4.78, 5) is 29.0. The zero-order valence-electron chi connectivity index (χ0n) is 19.0. The van der Waals surface area contributed by atoms with Gasteiger partial charge < -0.3 is 20.5 Å². The highest BCUT2D eigenvalue weighted by Gasteiger charge is 2.38. The maximum absolute atomic E-state index is 12.6. The highest BCUT2D eigenvalue weighted by molar-refractivity contribution is 5.85. The lowest BCUT2D eigenvalue weighted by Crippen LogP contribution is -2.45. The SMILES string of the molecule is O=C(N[C@@H](CCCCCCCc1ccc2c(n1)NCCC2)C(=O)O)C1CC2CCC(C1)O2. The molecule has 1 aromatic heterocycles. The number of carbonyl (C=O) groups excluding carboxylic acids is 1. The van der Waals surface area contributed by atoms with E-state index in [0.717, 1.165) is 88.7 Å². The third-order valence-electron chi connectivity index (χ3n) is 7.15. The Labute approximate surface area is 190 Å². The summed E-state index contributed by atoms with van der Waals surface area (Å²) in [7, 11) is 0. The standard InChI is InChI=1S/C25H37N3O4/c29-24(18-15-20-12-13-21(16-18)32-20)28-22(25(30)31)9-5-3-1-2-4-8-19-11-10-17-7-6-14-26-23(17)27-19/h10-11,18,20-22H,1-9,12-16H2,(H,26,27)(H,28,29)(H,30,31)/t18?,20?,21?,22-/m0/s1. The Morgan fingerprint density at radius 3 is 2.66 bits per heavy atom. The second-order valence-electron chi connectivity index (χ2n) is 9.67. The monoisotopic (exact) mass is 443 g/mol. The molecule has 2 bridgehead atoms. The van der Waals surface area contributed by atoms with Crippen molar-refractivity contribution in [3.05, 3.63) is 23.4 Å². The van der Waals surface area contributed by atoms with E-state index in [-0.39, 0.29) is 24.0 Å². The van der Waals surface area contributed by atoms with Crippen molar-refractivity contribution in [3.8, 4) is 0 Å². The molecule has 32 heavy (non-hydrogen) atoms.